The van der Waals surface area contributed by atoms with Crippen molar-refractivity contribution >= 4 is 5.91 Å². The number of hydrogen-bond donors (Lipinski definition) is 1. The molecule has 1 amide bonds. The summed E-state index contributed by atoms with van der Waals surface area (Å²) >= 11 is 0. The van der Waals surface area contributed by atoms with Gasteiger partial charge in [-0.25, -0.2) is 4.79 Å². The van der Waals surface area contributed by atoms with Gasteiger partial charge < -0.3 is 22.1 Å². The minimum atomic E-state index is -0.154. The van der Waals surface area contributed by atoms with Crippen LogP contribution in [0, 0.1) is 6.92 Å². The number of rotatable bonds is 6. The van der Waals surface area contributed by atoms with Crippen molar-refractivity contribution in [2.45, 2.75) is 59.0 Å². The summed E-state index contributed by atoms with van der Waals surface area (Å²) in [6.07, 6.45) is 0.369. The molecule has 0 saturated heterocycles. The van der Waals surface area contributed by atoms with E-state index in [4.69, 9.17) is 0 Å². The quantitative estimate of drug-likeness (QED) is 0.707. The fourth-order valence-corrected chi connectivity index (χ4v) is 3.59. The van der Waals surface area contributed by atoms with Crippen LogP contribution >= 0.6 is 0 Å². The molecule has 0 aliphatic rings. The van der Waals surface area contributed by atoms with Crippen LogP contribution in [0.4, 0.5) is 0 Å². The fraction of sp³-hybridized carbons (Fsp3) is 0.435. The Morgan fingerprint density at radius 2 is 1.56 bits per heavy atom. The highest BCUT2D eigenvalue weighted by Crippen LogP contribution is 2.36. The first-order valence-corrected chi connectivity index (χ1v) is 9.41. The van der Waals surface area contributed by atoms with Gasteiger partial charge in [-0.15, -0.1) is 0 Å². The number of halogens is 1. The molecule has 3 nitrogen and oxygen atoms in total. The van der Waals surface area contributed by atoms with Gasteiger partial charge in [-0.2, -0.15) is 0 Å². The predicted molar refractivity (Wildman–Crippen MR) is 107 cm³/mol. The Labute approximate surface area is 174 Å². The van der Waals surface area contributed by atoms with Crippen LogP contribution in [0.15, 0.2) is 48.5 Å². The average molecular weight is 434 g/mol. The van der Waals surface area contributed by atoms with Gasteiger partial charge in [0.2, 0.25) is 0 Å². The number of aryl methyl sites for hydroxylation is 1. The number of phenols is 1. The first-order chi connectivity index (χ1) is 12.2. The van der Waals surface area contributed by atoms with Crippen molar-refractivity contribution in [1.29, 1.82) is 0 Å². The molecule has 0 bridgehead atoms. The zero-order valence-corrected chi connectivity index (χ0v) is 18.8. The van der Waals surface area contributed by atoms with Crippen LogP contribution < -0.4 is 17.0 Å². The van der Waals surface area contributed by atoms with Crippen molar-refractivity contribution in [1.82, 2.24) is 0 Å². The zero-order valence-electron chi connectivity index (χ0n) is 17.2. The molecule has 1 N–H and O–H groups in total. The van der Waals surface area contributed by atoms with Gasteiger partial charge in [-0.3, -0.25) is 4.48 Å². The lowest BCUT2D eigenvalue weighted by Crippen LogP contribution is -3.00. The summed E-state index contributed by atoms with van der Waals surface area (Å²) in [5.41, 5.74) is 2.96. The van der Waals surface area contributed by atoms with Crippen molar-refractivity contribution in [2.24, 2.45) is 0 Å². The highest BCUT2D eigenvalue weighted by molar-refractivity contribution is 5.72. The van der Waals surface area contributed by atoms with Gasteiger partial charge in [0, 0.05) is 11.5 Å². The molecule has 0 heterocycles. The van der Waals surface area contributed by atoms with Crippen molar-refractivity contribution in [3.63, 3.8) is 0 Å². The molecule has 0 saturated carbocycles. The maximum Gasteiger partial charge on any atom is 0.314 e. The van der Waals surface area contributed by atoms with Crippen LogP contribution in [0.3, 0.4) is 0 Å². The first kappa shape index (κ1) is 23.4. The largest absolute Gasteiger partial charge is 1.00 e. The third kappa shape index (κ3) is 4.99. The molecule has 2 aromatic rings. The Kier molecular flexibility index (Phi) is 8.24. The van der Waals surface area contributed by atoms with Crippen LogP contribution in [0.2, 0.25) is 0 Å². The second kappa shape index (κ2) is 9.52. The lowest BCUT2D eigenvalue weighted by atomic mass is 9.86. The van der Waals surface area contributed by atoms with Gasteiger partial charge in [0.15, 0.2) is 0 Å². The third-order valence-electron chi connectivity index (χ3n) is 5.82. The minimum Gasteiger partial charge on any atom is -1.00 e. The van der Waals surface area contributed by atoms with E-state index in [2.05, 4.69) is 27.7 Å². The Morgan fingerprint density at radius 1 is 1.00 bits per heavy atom. The average Bonchev–Trinajstić information content (AvgIpc) is 2.61. The summed E-state index contributed by atoms with van der Waals surface area (Å²) in [7, 11) is 2.02. The molecule has 0 aliphatic carbocycles. The molecule has 0 aliphatic heterocycles. The van der Waals surface area contributed by atoms with Crippen LogP contribution in [-0.2, 0) is 4.79 Å². The van der Waals surface area contributed by atoms with E-state index in [1.807, 2.05) is 56.4 Å². The Hall–Kier alpha value is -1.65. The molecule has 2 aromatic carbocycles. The lowest BCUT2D eigenvalue weighted by molar-refractivity contribution is -0.877. The summed E-state index contributed by atoms with van der Waals surface area (Å²) in [5, 5.41) is 10.5. The van der Waals surface area contributed by atoms with Crippen LogP contribution in [0.25, 0.3) is 0 Å². The Balaban J connectivity index is 0.00000364. The number of carbonyl (C=O) groups excluding carboxylic acids is 1. The monoisotopic (exact) mass is 433 g/mol. The number of phenolic OH excluding ortho intramolecular Hbond substituents is 1. The number of amides is 1. The van der Waals surface area contributed by atoms with E-state index < -0.39 is 0 Å². The maximum absolute atomic E-state index is 13.4. The summed E-state index contributed by atoms with van der Waals surface area (Å²) < 4.78 is 0.385. The number of aromatic hydroxyl groups is 1. The Bertz CT molecular complexity index is 748. The maximum atomic E-state index is 13.4. The normalized spacial score (nSPS) is 12.7. The second-order valence-electron chi connectivity index (χ2n) is 7.96. The van der Waals surface area contributed by atoms with Crippen LogP contribution in [0.1, 0.15) is 56.7 Å². The number of benzene rings is 2. The summed E-state index contributed by atoms with van der Waals surface area (Å²) in [6, 6.07) is 16.0. The number of nitrogens with zero attached hydrogens (tertiary/aromatic N) is 1. The second-order valence-corrected chi connectivity index (χ2v) is 7.96. The van der Waals surface area contributed by atoms with Gasteiger partial charge in [0.25, 0.3) is 0 Å². The number of hydrogen-bond acceptors (Lipinski definition) is 2. The molecule has 148 valence electrons. The van der Waals surface area contributed by atoms with Crippen molar-refractivity contribution in [3.05, 3.63) is 65.2 Å². The first-order valence-electron chi connectivity index (χ1n) is 9.41. The number of quaternary nitrogens is 1. The highest BCUT2D eigenvalue weighted by atomic mass is 79.9. The standard InChI is InChI=1S/C23H31NO2.BrH/c1-16(2)24(6,17(3)4)23(26)15-20(19-10-8-7-9-11-19)21-14-18(5)12-13-22(21)25;/h7-14,16-17,20H,15H2,1-6H3;1H/t20-;/m1./s1. The van der Waals surface area contributed by atoms with Gasteiger partial charge in [0.1, 0.15) is 5.75 Å². The molecule has 0 radical (unpaired) electrons. The number of carbonyl (C=O) groups is 1. The predicted octanol–water partition coefficient (Wildman–Crippen LogP) is 2.02. The van der Waals surface area contributed by atoms with E-state index in [0.717, 1.165) is 16.7 Å². The summed E-state index contributed by atoms with van der Waals surface area (Å²) in [4.78, 5) is 13.4. The van der Waals surface area contributed by atoms with Gasteiger partial charge in [-0.05, 0) is 46.2 Å². The van der Waals surface area contributed by atoms with Crippen LogP contribution in [-0.4, -0.2) is 34.6 Å². The molecule has 0 aromatic heterocycles. The Morgan fingerprint density at radius 3 is 2.07 bits per heavy atom. The molecule has 1 atom stereocenters. The van der Waals surface area contributed by atoms with E-state index in [0.29, 0.717) is 10.9 Å². The molecule has 27 heavy (non-hydrogen) atoms. The van der Waals surface area contributed by atoms with E-state index in [1.165, 1.54) is 0 Å². The summed E-state index contributed by atoms with van der Waals surface area (Å²) in [6.45, 7) is 10.4. The van der Waals surface area contributed by atoms with Crippen molar-refractivity contribution < 1.29 is 31.4 Å². The molecular formula is C23H32BrNO2. The smallest absolute Gasteiger partial charge is 0.314 e. The van der Waals surface area contributed by atoms with Gasteiger partial charge in [-0.1, -0.05) is 48.0 Å². The molecule has 0 spiro atoms. The zero-order chi connectivity index (χ0) is 19.5. The van der Waals surface area contributed by atoms with Crippen molar-refractivity contribution in [2.75, 3.05) is 7.05 Å². The van der Waals surface area contributed by atoms with E-state index in [1.54, 1.807) is 6.07 Å². The molecule has 0 unspecified atom stereocenters. The highest BCUT2D eigenvalue weighted by Gasteiger charge is 2.39. The van der Waals surface area contributed by atoms with E-state index >= 15 is 0 Å². The fourth-order valence-electron chi connectivity index (χ4n) is 3.59. The van der Waals surface area contributed by atoms with E-state index in [9.17, 15) is 9.90 Å². The SMILES string of the molecule is Cc1ccc(O)c([C@H](CC(=O)[N+](C)(C(C)C)C(C)C)c2ccccc2)c1.[Br-]. The van der Waals surface area contributed by atoms with E-state index in [-0.39, 0.29) is 46.6 Å². The molecule has 0 fully saturated rings. The third-order valence-corrected chi connectivity index (χ3v) is 5.82. The van der Waals surface area contributed by atoms with Crippen LogP contribution in [0.5, 0.6) is 5.75 Å². The summed E-state index contributed by atoms with van der Waals surface area (Å²) in [5.74, 6) is 0.295. The van der Waals surface area contributed by atoms with Gasteiger partial charge in [0.05, 0.1) is 25.6 Å². The van der Waals surface area contributed by atoms with Crippen molar-refractivity contribution in [3.8, 4) is 5.75 Å². The lowest BCUT2D eigenvalue weighted by Gasteiger charge is -2.40. The molecule has 2 rings (SSSR count). The molecule has 4 heteroatoms. The van der Waals surface area contributed by atoms with Gasteiger partial charge >= 0.3 is 5.91 Å². The topological polar surface area (TPSA) is 37.3 Å². The minimum absolute atomic E-state index is 0. The molecular weight excluding hydrogens is 402 g/mol.